The molecular weight excluding hydrogens is 272 g/mol. The second-order valence-electron chi connectivity index (χ2n) is 4.86. The lowest BCUT2D eigenvalue weighted by Gasteiger charge is -2.07. The van der Waals surface area contributed by atoms with E-state index in [2.05, 4.69) is 34.4 Å². The van der Waals surface area contributed by atoms with Crippen molar-refractivity contribution in [3.8, 4) is 0 Å². The summed E-state index contributed by atoms with van der Waals surface area (Å²) in [7, 11) is 0. The molecule has 1 N–H and O–H groups in total. The number of aromatic nitrogens is 3. The molecule has 0 radical (unpaired) electrons. The topological polar surface area (TPSA) is 55.2 Å². The van der Waals surface area contributed by atoms with E-state index < -0.39 is 0 Å². The number of hydrogen-bond acceptors (Lipinski definition) is 4. The van der Waals surface area contributed by atoms with Crippen LogP contribution in [0.15, 0.2) is 29.4 Å². The Morgan fingerprint density at radius 2 is 2.45 bits per heavy atom. The first-order chi connectivity index (χ1) is 9.74. The Hall–Kier alpha value is -1.79. The van der Waals surface area contributed by atoms with Crippen LogP contribution in [0.5, 0.6) is 0 Å². The molecule has 6 heteroatoms. The molecule has 3 rings (SSSR count). The third-order valence-electron chi connectivity index (χ3n) is 3.26. The lowest BCUT2D eigenvalue weighted by molar-refractivity contribution is 0.102. The van der Waals surface area contributed by atoms with Gasteiger partial charge in [-0.15, -0.1) is 0 Å². The molecule has 0 saturated carbocycles. The van der Waals surface area contributed by atoms with Gasteiger partial charge in [-0.25, -0.2) is 0 Å². The second kappa shape index (κ2) is 5.68. The van der Waals surface area contributed by atoms with Gasteiger partial charge >= 0.3 is 0 Å². The van der Waals surface area contributed by atoms with Crippen molar-refractivity contribution in [1.29, 1.82) is 0 Å². The van der Waals surface area contributed by atoms with E-state index in [4.69, 9.17) is 17.0 Å². The first kappa shape index (κ1) is 13.2. The molecule has 1 fully saturated rings. The van der Waals surface area contributed by atoms with Crippen LogP contribution in [0.25, 0.3) is 0 Å². The van der Waals surface area contributed by atoms with Gasteiger partial charge in [0.25, 0.3) is 0 Å². The molecule has 20 heavy (non-hydrogen) atoms. The second-order valence-corrected chi connectivity index (χ2v) is 5.25. The summed E-state index contributed by atoms with van der Waals surface area (Å²) in [5.74, 6) is 0.747. The van der Waals surface area contributed by atoms with Crippen LogP contribution in [-0.2, 0) is 4.74 Å². The highest BCUT2D eigenvalue weighted by atomic mass is 32.1. The SMILES string of the molecule is Cc1cccc(/C=N\n2c(C3CCCO3)n[nH]c2=S)c1. The highest BCUT2D eigenvalue weighted by Gasteiger charge is 2.23. The Balaban J connectivity index is 1.90. The summed E-state index contributed by atoms with van der Waals surface area (Å²) in [6.45, 7) is 2.82. The number of nitrogens with one attached hydrogen (secondary N) is 1. The van der Waals surface area contributed by atoms with Crippen LogP contribution in [-0.4, -0.2) is 27.7 Å². The zero-order chi connectivity index (χ0) is 13.9. The van der Waals surface area contributed by atoms with E-state index in [9.17, 15) is 0 Å². The largest absolute Gasteiger partial charge is 0.370 e. The predicted molar refractivity (Wildman–Crippen MR) is 79.5 cm³/mol. The fraction of sp³-hybridized carbons (Fsp3) is 0.357. The molecule has 1 aromatic heterocycles. The number of aryl methyl sites for hydroxylation is 1. The molecule has 0 aliphatic carbocycles. The van der Waals surface area contributed by atoms with Crippen molar-refractivity contribution >= 4 is 18.4 Å². The molecule has 0 amide bonds. The van der Waals surface area contributed by atoms with E-state index in [0.717, 1.165) is 30.8 Å². The van der Waals surface area contributed by atoms with E-state index in [1.165, 1.54) is 5.56 Å². The normalized spacial score (nSPS) is 18.9. The summed E-state index contributed by atoms with van der Waals surface area (Å²) in [6, 6.07) is 8.13. The van der Waals surface area contributed by atoms with Gasteiger partial charge in [0.1, 0.15) is 6.10 Å². The molecule has 1 saturated heterocycles. The van der Waals surface area contributed by atoms with E-state index in [1.807, 2.05) is 12.1 Å². The van der Waals surface area contributed by atoms with E-state index in [-0.39, 0.29) is 6.10 Å². The smallest absolute Gasteiger partial charge is 0.216 e. The van der Waals surface area contributed by atoms with Crippen molar-refractivity contribution < 1.29 is 4.74 Å². The summed E-state index contributed by atoms with van der Waals surface area (Å²) in [4.78, 5) is 0. The zero-order valence-electron chi connectivity index (χ0n) is 11.2. The van der Waals surface area contributed by atoms with E-state index in [0.29, 0.717) is 4.77 Å². The molecule has 5 nitrogen and oxygen atoms in total. The standard InChI is InChI=1S/C14H16N4OS/c1-10-4-2-5-11(8-10)9-15-18-13(16-17-14(18)20)12-6-3-7-19-12/h2,4-5,8-9,12H,3,6-7H2,1H3,(H,17,20)/b15-9-. The summed E-state index contributed by atoms with van der Waals surface area (Å²) >= 11 is 5.23. The van der Waals surface area contributed by atoms with Gasteiger partial charge in [-0.2, -0.15) is 14.9 Å². The minimum Gasteiger partial charge on any atom is -0.370 e. The van der Waals surface area contributed by atoms with Gasteiger partial charge in [-0.1, -0.05) is 29.8 Å². The predicted octanol–water partition coefficient (Wildman–Crippen LogP) is 2.98. The maximum Gasteiger partial charge on any atom is 0.216 e. The number of aromatic amines is 1. The molecule has 1 aliphatic rings. The average molecular weight is 288 g/mol. The van der Waals surface area contributed by atoms with Gasteiger partial charge in [0.05, 0.1) is 6.21 Å². The fourth-order valence-corrected chi connectivity index (χ4v) is 2.47. The Morgan fingerprint density at radius 3 is 3.20 bits per heavy atom. The first-order valence-corrected chi connectivity index (χ1v) is 7.05. The van der Waals surface area contributed by atoms with Gasteiger partial charge in [-0.3, -0.25) is 5.10 Å². The average Bonchev–Trinajstić information content (AvgIpc) is 3.06. The lowest BCUT2D eigenvalue weighted by atomic mass is 10.2. The molecule has 0 bridgehead atoms. The highest BCUT2D eigenvalue weighted by molar-refractivity contribution is 7.71. The minimum absolute atomic E-state index is 0.0161. The maximum absolute atomic E-state index is 5.64. The number of benzene rings is 1. The van der Waals surface area contributed by atoms with Crippen LogP contribution in [0.1, 0.15) is 35.9 Å². The number of nitrogens with zero attached hydrogens (tertiary/aromatic N) is 3. The third kappa shape index (κ3) is 2.71. The van der Waals surface area contributed by atoms with E-state index in [1.54, 1.807) is 10.9 Å². The van der Waals surface area contributed by atoms with Crippen LogP contribution >= 0.6 is 12.2 Å². The summed E-state index contributed by atoms with van der Waals surface area (Å²) < 4.78 is 7.77. The van der Waals surface area contributed by atoms with Crippen molar-refractivity contribution in [2.24, 2.45) is 5.10 Å². The molecule has 0 spiro atoms. The van der Waals surface area contributed by atoms with Gasteiger partial charge in [0.2, 0.25) is 4.77 Å². The van der Waals surface area contributed by atoms with Crippen molar-refractivity contribution in [3.63, 3.8) is 0 Å². The van der Waals surface area contributed by atoms with Crippen LogP contribution in [0.4, 0.5) is 0 Å². The summed E-state index contributed by atoms with van der Waals surface area (Å²) in [5.41, 5.74) is 2.23. The Labute approximate surface area is 122 Å². The Morgan fingerprint density at radius 1 is 1.55 bits per heavy atom. The van der Waals surface area contributed by atoms with Crippen LogP contribution in [0.2, 0.25) is 0 Å². The monoisotopic (exact) mass is 288 g/mol. The summed E-state index contributed by atoms with van der Waals surface area (Å²) in [6.07, 6.45) is 3.78. The van der Waals surface area contributed by atoms with Crippen molar-refractivity contribution in [1.82, 2.24) is 14.9 Å². The van der Waals surface area contributed by atoms with E-state index >= 15 is 0 Å². The van der Waals surface area contributed by atoms with Crippen LogP contribution < -0.4 is 0 Å². The zero-order valence-corrected chi connectivity index (χ0v) is 12.1. The Bertz CT molecular complexity index is 682. The molecule has 2 heterocycles. The minimum atomic E-state index is -0.0161. The maximum atomic E-state index is 5.64. The van der Waals surface area contributed by atoms with Gasteiger partial charge in [0.15, 0.2) is 5.82 Å². The molecule has 1 aromatic carbocycles. The van der Waals surface area contributed by atoms with Crippen LogP contribution in [0.3, 0.4) is 0 Å². The number of rotatable bonds is 3. The lowest BCUT2D eigenvalue weighted by Crippen LogP contribution is -2.05. The molecule has 104 valence electrons. The van der Waals surface area contributed by atoms with Crippen molar-refractivity contribution in [2.75, 3.05) is 6.61 Å². The number of hydrogen-bond donors (Lipinski definition) is 1. The molecule has 2 aromatic rings. The van der Waals surface area contributed by atoms with Crippen LogP contribution in [0, 0.1) is 11.7 Å². The highest BCUT2D eigenvalue weighted by Crippen LogP contribution is 2.26. The van der Waals surface area contributed by atoms with Gasteiger partial charge in [0, 0.05) is 6.61 Å². The van der Waals surface area contributed by atoms with Gasteiger partial charge in [-0.05, 0) is 37.5 Å². The molecular formula is C14H16N4OS. The fourth-order valence-electron chi connectivity index (χ4n) is 2.28. The first-order valence-electron chi connectivity index (χ1n) is 6.64. The molecule has 1 aliphatic heterocycles. The van der Waals surface area contributed by atoms with Crippen molar-refractivity contribution in [3.05, 3.63) is 46.0 Å². The molecule has 1 atom stereocenters. The summed E-state index contributed by atoms with van der Waals surface area (Å²) in [5, 5.41) is 11.5. The van der Waals surface area contributed by atoms with Crippen molar-refractivity contribution in [2.45, 2.75) is 25.9 Å². The number of ether oxygens (including phenoxy) is 1. The quantitative estimate of drug-likeness (QED) is 0.698. The number of H-pyrrole nitrogens is 1. The van der Waals surface area contributed by atoms with Gasteiger partial charge < -0.3 is 4.74 Å². The third-order valence-corrected chi connectivity index (χ3v) is 3.52. The Kier molecular flexibility index (Phi) is 3.75. The molecule has 1 unspecified atom stereocenters.